The third-order valence-electron chi connectivity index (χ3n) is 5.67. The number of aromatic nitrogens is 2. The molecule has 210 valence electrons. The first-order valence-corrected chi connectivity index (χ1v) is 14.3. The van der Waals surface area contributed by atoms with Gasteiger partial charge in [-0.1, -0.05) is 60.7 Å². The van der Waals surface area contributed by atoms with Crippen LogP contribution >= 0.6 is 22.7 Å². The number of carbonyl (C=O) groups is 4. The van der Waals surface area contributed by atoms with Crippen molar-refractivity contribution in [2.75, 3.05) is 23.8 Å². The molecule has 0 radical (unpaired) electrons. The molecular weight excluding hydrogens is 576 g/mol. The van der Waals surface area contributed by atoms with Crippen LogP contribution in [0.15, 0.2) is 95.7 Å². The van der Waals surface area contributed by atoms with E-state index in [0.717, 1.165) is 22.5 Å². The van der Waals surface area contributed by atoms with Crippen molar-refractivity contribution in [1.82, 2.24) is 9.97 Å². The van der Waals surface area contributed by atoms with Gasteiger partial charge >= 0.3 is 11.9 Å². The Kier molecular flexibility index (Phi) is 9.07. The fourth-order valence-corrected chi connectivity index (χ4v) is 5.10. The molecule has 0 saturated heterocycles. The zero-order valence-electron chi connectivity index (χ0n) is 21.8. The number of amides is 2. The molecule has 2 N–H and O–H groups in total. The van der Waals surface area contributed by atoms with Crippen LogP contribution in [0.5, 0.6) is 0 Å². The summed E-state index contributed by atoms with van der Waals surface area (Å²) >= 11 is 2.52. The summed E-state index contributed by atoms with van der Waals surface area (Å²) in [5.41, 5.74) is 3.56. The first-order chi connectivity index (χ1) is 20.4. The number of nitrogens with zero attached hydrogens (tertiary/aromatic N) is 2. The van der Waals surface area contributed by atoms with Gasteiger partial charge in [0.1, 0.15) is 0 Å². The van der Waals surface area contributed by atoms with E-state index in [1.807, 2.05) is 71.4 Å². The maximum absolute atomic E-state index is 12.4. The molecule has 3 aromatic carbocycles. The topological polar surface area (TPSA) is 137 Å². The molecule has 0 fully saturated rings. The predicted octanol–water partition coefficient (Wildman–Crippen LogP) is 5.52. The zero-order valence-corrected chi connectivity index (χ0v) is 23.4. The monoisotopic (exact) mass is 598 g/mol. The summed E-state index contributed by atoms with van der Waals surface area (Å²) in [4.78, 5) is 57.9. The Balaban J connectivity index is 1.05. The third-order valence-corrected chi connectivity index (χ3v) is 7.18. The summed E-state index contributed by atoms with van der Waals surface area (Å²) in [6.07, 6.45) is 0. The van der Waals surface area contributed by atoms with Crippen molar-refractivity contribution in [1.29, 1.82) is 0 Å². The van der Waals surface area contributed by atoms with Gasteiger partial charge in [0.25, 0.3) is 11.8 Å². The molecule has 5 aromatic rings. The lowest BCUT2D eigenvalue weighted by Crippen LogP contribution is -2.21. The highest BCUT2D eigenvalue weighted by atomic mass is 32.1. The van der Waals surface area contributed by atoms with Crippen molar-refractivity contribution in [2.45, 2.75) is 0 Å². The fraction of sp³-hybridized carbons (Fsp3) is 0.0667. The Bertz CT molecular complexity index is 1580. The third kappa shape index (κ3) is 7.50. The Morgan fingerprint density at radius 2 is 0.952 bits per heavy atom. The molecule has 0 bridgehead atoms. The van der Waals surface area contributed by atoms with E-state index in [4.69, 9.17) is 9.47 Å². The van der Waals surface area contributed by atoms with Crippen molar-refractivity contribution < 1.29 is 28.7 Å². The van der Waals surface area contributed by atoms with Crippen LogP contribution in [0.25, 0.3) is 22.5 Å². The second-order valence-electron chi connectivity index (χ2n) is 8.63. The van der Waals surface area contributed by atoms with Gasteiger partial charge in [0, 0.05) is 21.9 Å². The molecule has 12 heteroatoms. The highest BCUT2D eigenvalue weighted by molar-refractivity contribution is 7.14. The second kappa shape index (κ2) is 13.4. The maximum Gasteiger partial charge on any atom is 0.338 e. The minimum Gasteiger partial charge on any atom is -0.452 e. The quantitative estimate of drug-likeness (QED) is 0.201. The highest BCUT2D eigenvalue weighted by Gasteiger charge is 2.15. The van der Waals surface area contributed by atoms with Crippen LogP contribution in [0.4, 0.5) is 10.3 Å². The van der Waals surface area contributed by atoms with Crippen molar-refractivity contribution >= 4 is 56.7 Å². The Labute approximate surface area is 248 Å². The van der Waals surface area contributed by atoms with Crippen LogP contribution in [0.2, 0.25) is 0 Å². The lowest BCUT2D eigenvalue weighted by molar-refractivity contribution is -0.119. The first kappa shape index (κ1) is 28.3. The number of rotatable bonds is 10. The average molecular weight is 599 g/mol. The predicted molar refractivity (Wildman–Crippen MR) is 159 cm³/mol. The van der Waals surface area contributed by atoms with Crippen molar-refractivity contribution in [3.8, 4) is 22.5 Å². The van der Waals surface area contributed by atoms with Gasteiger partial charge in [-0.25, -0.2) is 19.6 Å². The molecule has 0 aliphatic rings. The molecule has 0 spiro atoms. The zero-order chi connectivity index (χ0) is 29.3. The van der Waals surface area contributed by atoms with Crippen LogP contribution in [0.3, 0.4) is 0 Å². The summed E-state index contributed by atoms with van der Waals surface area (Å²) in [5, 5.41) is 9.61. The van der Waals surface area contributed by atoms with Gasteiger partial charge in [0.05, 0.1) is 22.5 Å². The number of esters is 2. The van der Waals surface area contributed by atoms with Crippen molar-refractivity contribution in [3.63, 3.8) is 0 Å². The largest absolute Gasteiger partial charge is 0.452 e. The first-order valence-electron chi connectivity index (χ1n) is 12.5. The summed E-state index contributed by atoms with van der Waals surface area (Å²) in [6.45, 7) is -1.02. The van der Waals surface area contributed by atoms with Crippen LogP contribution in [-0.2, 0) is 19.1 Å². The number of carbonyl (C=O) groups excluding carboxylic acids is 4. The molecule has 0 atom stereocenters. The lowest BCUT2D eigenvalue weighted by atomic mass is 10.1. The van der Waals surface area contributed by atoms with Gasteiger partial charge in [-0.05, 0) is 24.3 Å². The van der Waals surface area contributed by atoms with Gasteiger partial charge in [0.15, 0.2) is 23.5 Å². The van der Waals surface area contributed by atoms with E-state index in [-0.39, 0.29) is 11.1 Å². The molecule has 0 aliphatic heterocycles. The summed E-state index contributed by atoms with van der Waals surface area (Å²) in [7, 11) is 0. The second-order valence-corrected chi connectivity index (χ2v) is 10.4. The normalized spacial score (nSPS) is 10.5. The van der Waals surface area contributed by atoms with Crippen molar-refractivity contribution in [3.05, 3.63) is 107 Å². The fourth-order valence-electron chi connectivity index (χ4n) is 3.63. The van der Waals surface area contributed by atoms with E-state index < -0.39 is 37.0 Å². The molecular formula is C30H22N4O6S2. The van der Waals surface area contributed by atoms with Gasteiger partial charge in [0.2, 0.25) is 0 Å². The molecule has 2 amide bonds. The minimum atomic E-state index is -0.744. The summed E-state index contributed by atoms with van der Waals surface area (Å²) in [5.74, 6) is -2.56. The van der Waals surface area contributed by atoms with E-state index in [1.54, 1.807) is 0 Å². The molecule has 0 aliphatic carbocycles. The molecule has 0 unspecified atom stereocenters. The smallest absolute Gasteiger partial charge is 0.338 e. The van der Waals surface area contributed by atoms with Crippen LogP contribution in [0.1, 0.15) is 20.7 Å². The molecule has 10 nitrogen and oxygen atoms in total. The van der Waals surface area contributed by atoms with E-state index in [2.05, 4.69) is 20.6 Å². The number of anilines is 2. The number of hydrogen-bond acceptors (Lipinski definition) is 10. The SMILES string of the molecule is O=C(COC(=O)c1ccc(C(=O)OCC(=O)Nc2nc(-c3ccccc3)cs2)cc1)Nc1nc(-c2ccccc2)cs1. The van der Waals surface area contributed by atoms with Gasteiger partial charge in [-0.15, -0.1) is 22.7 Å². The van der Waals surface area contributed by atoms with Crippen molar-refractivity contribution in [2.24, 2.45) is 0 Å². The number of ether oxygens (including phenoxy) is 2. The average Bonchev–Trinajstić information content (AvgIpc) is 3.69. The molecule has 42 heavy (non-hydrogen) atoms. The van der Waals surface area contributed by atoms with Crippen LogP contribution in [-0.4, -0.2) is 46.9 Å². The minimum absolute atomic E-state index is 0.135. The lowest BCUT2D eigenvalue weighted by Gasteiger charge is -2.07. The number of benzene rings is 3. The molecule has 5 rings (SSSR count). The Hall–Kier alpha value is -5.20. The maximum atomic E-state index is 12.4. The molecule has 2 heterocycles. The number of hydrogen-bond donors (Lipinski definition) is 2. The summed E-state index contributed by atoms with van der Waals surface area (Å²) < 4.78 is 10.1. The Morgan fingerprint density at radius 1 is 0.571 bits per heavy atom. The van der Waals surface area contributed by atoms with Crippen LogP contribution < -0.4 is 10.6 Å². The van der Waals surface area contributed by atoms with Gasteiger partial charge in [-0.2, -0.15) is 0 Å². The number of thiazole rings is 2. The van der Waals surface area contributed by atoms with E-state index >= 15 is 0 Å². The van der Waals surface area contributed by atoms with E-state index in [0.29, 0.717) is 10.3 Å². The number of nitrogens with one attached hydrogen (secondary N) is 2. The summed E-state index contributed by atoms with van der Waals surface area (Å²) in [6, 6.07) is 24.5. The van der Waals surface area contributed by atoms with E-state index in [1.165, 1.54) is 46.9 Å². The standard InChI is InChI=1S/C30H22N4O6S2/c35-25(33-29-31-23(17-41-29)19-7-3-1-4-8-19)15-39-27(37)21-11-13-22(14-12-21)28(38)40-16-26(36)34-30-32-24(18-42-30)20-9-5-2-6-10-20/h1-14,17-18H,15-16H2,(H,31,33,35)(H,32,34,36). The van der Waals surface area contributed by atoms with Gasteiger partial charge < -0.3 is 9.47 Å². The molecule has 0 saturated carbocycles. The molecule has 2 aromatic heterocycles. The highest BCUT2D eigenvalue weighted by Crippen LogP contribution is 2.25. The van der Waals surface area contributed by atoms with Gasteiger partial charge in [-0.3, -0.25) is 20.2 Å². The van der Waals surface area contributed by atoms with Crippen LogP contribution in [0, 0.1) is 0 Å². The Morgan fingerprint density at radius 3 is 1.33 bits per heavy atom. The van der Waals surface area contributed by atoms with E-state index in [9.17, 15) is 19.2 Å².